The molecule has 1 N–H and O–H groups in total. The van der Waals surface area contributed by atoms with Gasteiger partial charge in [-0.1, -0.05) is 35.9 Å². The monoisotopic (exact) mass is 460 g/mol. The highest BCUT2D eigenvalue weighted by Gasteiger charge is 2.12. The van der Waals surface area contributed by atoms with Crippen LogP contribution in [0.4, 0.5) is 5.69 Å². The summed E-state index contributed by atoms with van der Waals surface area (Å²) in [6.07, 6.45) is 1.53. The second-order valence-corrected chi connectivity index (χ2v) is 7.91. The minimum absolute atomic E-state index is 0.00879. The molecule has 0 aromatic heterocycles. The summed E-state index contributed by atoms with van der Waals surface area (Å²) >= 11 is 5.93. The number of aryl methyl sites for hydroxylation is 2. The standard InChI is InChI=1S/C27H25ClN2O3/c1-4-32-26-15-21(8-12-25(26)33-17-20-6-9-23(28)10-7-20)14-22(16-29)27(31)30-24-11-5-18(2)19(3)13-24/h5-15H,4,17H2,1-3H3,(H,30,31)/b22-14+. The third-order valence-electron chi connectivity index (χ3n) is 5.02. The van der Waals surface area contributed by atoms with E-state index in [1.165, 1.54) is 6.08 Å². The van der Waals surface area contributed by atoms with Crippen molar-refractivity contribution in [1.82, 2.24) is 0 Å². The lowest BCUT2D eigenvalue weighted by Gasteiger charge is -2.13. The molecule has 0 atom stereocenters. The number of benzene rings is 3. The zero-order chi connectivity index (χ0) is 23.8. The average molecular weight is 461 g/mol. The number of hydrogen-bond donors (Lipinski definition) is 1. The number of ether oxygens (including phenoxy) is 2. The van der Waals surface area contributed by atoms with Crippen molar-refractivity contribution >= 4 is 29.3 Å². The smallest absolute Gasteiger partial charge is 0.266 e. The van der Waals surface area contributed by atoms with E-state index in [4.69, 9.17) is 21.1 Å². The number of nitrogens with one attached hydrogen (secondary N) is 1. The van der Waals surface area contributed by atoms with Gasteiger partial charge in [-0.2, -0.15) is 5.26 Å². The summed E-state index contributed by atoms with van der Waals surface area (Å²) in [7, 11) is 0. The Kier molecular flexibility index (Phi) is 8.12. The van der Waals surface area contributed by atoms with Crippen LogP contribution in [-0.4, -0.2) is 12.5 Å². The number of rotatable bonds is 8. The maximum atomic E-state index is 12.6. The molecule has 6 heteroatoms. The SMILES string of the molecule is CCOc1cc(/C=C(\C#N)C(=O)Nc2ccc(C)c(C)c2)ccc1OCc1ccc(Cl)cc1. The molecule has 0 saturated carbocycles. The molecule has 0 bridgehead atoms. The van der Waals surface area contributed by atoms with Crippen LogP contribution in [0.25, 0.3) is 6.08 Å². The summed E-state index contributed by atoms with van der Waals surface area (Å²) in [6.45, 7) is 6.65. The first-order valence-corrected chi connectivity index (χ1v) is 10.9. The number of carbonyl (C=O) groups is 1. The maximum absolute atomic E-state index is 12.6. The Morgan fingerprint density at radius 3 is 2.42 bits per heavy atom. The van der Waals surface area contributed by atoms with Crippen molar-refractivity contribution in [3.8, 4) is 17.6 Å². The van der Waals surface area contributed by atoms with Crippen LogP contribution >= 0.6 is 11.6 Å². The minimum atomic E-state index is -0.471. The van der Waals surface area contributed by atoms with Gasteiger partial charge in [0.1, 0.15) is 18.2 Å². The maximum Gasteiger partial charge on any atom is 0.266 e. The minimum Gasteiger partial charge on any atom is -0.490 e. The van der Waals surface area contributed by atoms with Crippen molar-refractivity contribution < 1.29 is 14.3 Å². The number of anilines is 1. The number of hydrogen-bond acceptors (Lipinski definition) is 4. The first-order valence-electron chi connectivity index (χ1n) is 10.5. The van der Waals surface area contributed by atoms with Gasteiger partial charge in [-0.3, -0.25) is 4.79 Å². The van der Waals surface area contributed by atoms with E-state index >= 15 is 0 Å². The second-order valence-electron chi connectivity index (χ2n) is 7.48. The van der Waals surface area contributed by atoms with E-state index in [1.807, 2.05) is 69.3 Å². The van der Waals surface area contributed by atoms with Crippen LogP contribution in [-0.2, 0) is 11.4 Å². The molecule has 0 aliphatic rings. The lowest BCUT2D eigenvalue weighted by molar-refractivity contribution is -0.112. The zero-order valence-corrected chi connectivity index (χ0v) is 19.6. The van der Waals surface area contributed by atoms with Crippen LogP contribution in [0.1, 0.15) is 29.2 Å². The molecule has 0 fully saturated rings. The van der Waals surface area contributed by atoms with Crippen LogP contribution in [0.5, 0.6) is 11.5 Å². The van der Waals surface area contributed by atoms with Gasteiger partial charge in [0.15, 0.2) is 11.5 Å². The fourth-order valence-corrected chi connectivity index (χ4v) is 3.20. The first-order chi connectivity index (χ1) is 15.9. The van der Waals surface area contributed by atoms with Crippen LogP contribution in [0, 0.1) is 25.2 Å². The van der Waals surface area contributed by atoms with Crippen molar-refractivity contribution in [3.63, 3.8) is 0 Å². The topological polar surface area (TPSA) is 71.3 Å². The Bertz CT molecular complexity index is 1210. The van der Waals surface area contributed by atoms with Crippen molar-refractivity contribution in [2.45, 2.75) is 27.4 Å². The number of carbonyl (C=O) groups excluding carboxylic acids is 1. The van der Waals surface area contributed by atoms with Crippen LogP contribution < -0.4 is 14.8 Å². The second kappa shape index (κ2) is 11.2. The first kappa shape index (κ1) is 23.9. The van der Waals surface area contributed by atoms with Gasteiger partial charge in [0.2, 0.25) is 0 Å². The van der Waals surface area contributed by atoms with E-state index in [0.717, 1.165) is 16.7 Å². The molecule has 3 aromatic carbocycles. The van der Waals surface area contributed by atoms with Crippen LogP contribution in [0.3, 0.4) is 0 Å². The summed E-state index contributed by atoms with van der Waals surface area (Å²) in [5, 5.41) is 13.0. The third kappa shape index (κ3) is 6.61. The van der Waals surface area contributed by atoms with Gasteiger partial charge < -0.3 is 14.8 Å². The average Bonchev–Trinajstić information content (AvgIpc) is 2.80. The molecule has 33 heavy (non-hydrogen) atoms. The van der Waals surface area contributed by atoms with Gasteiger partial charge in [-0.15, -0.1) is 0 Å². The lowest BCUT2D eigenvalue weighted by atomic mass is 10.1. The third-order valence-corrected chi connectivity index (χ3v) is 5.27. The largest absolute Gasteiger partial charge is 0.490 e. The Labute approximate surface area is 199 Å². The van der Waals surface area contributed by atoms with Crippen LogP contribution in [0.15, 0.2) is 66.2 Å². The van der Waals surface area contributed by atoms with E-state index in [0.29, 0.717) is 41.0 Å². The van der Waals surface area contributed by atoms with Crippen molar-refractivity contribution in [2.24, 2.45) is 0 Å². The summed E-state index contributed by atoms with van der Waals surface area (Å²) in [5.74, 6) is 0.635. The van der Waals surface area contributed by atoms with E-state index in [9.17, 15) is 10.1 Å². The Morgan fingerprint density at radius 2 is 1.76 bits per heavy atom. The van der Waals surface area contributed by atoms with Gasteiger partial charge >= 0.3 is 0 Å². The molecule has 168 valence electrons. The highest BCUT2D eigenvalue weighted by atomic mass is 35.5. The number of nitriles is 1. The quantitative estimate of drug-likeness (QED) is 0.308. The highest BCUT2D eigenvalue weighted by Crippen LogP contribution is 2.30. The Morgan fingerprint density at radius 1 is 1.00 bits per heavy atom. The highest BCUT2D eigenvalue weighted by molar-refractivity contribution is 6.30. The molecule has 0 aliphatic carbocycles. The van der Waals surface area contributed by atoms with E-state index in [1.54, 1.807) is 18.2 Å². The zero-order valence-electron chi connectivity index (χ0n) is 18.8. The van der Waals surface area contributed by atoms with Crippen molar-refractivity contribution in [2.75, 3.05) is 11.9 Å². The van der Waals surface area contributed by atoms with Gasteiger partial charge in [-0.05, 0) is 85.5 Å². The molecular formula is C27H25ClN2O3. The molecule has 0 spiro atoms. The predicted octanol–water partition coefficient (Wildman–Crippen LogP) is 6.48. The summed E-state index contributed by atoms with van der Waals surface area (Å²) < 4.78 is 11.6. The van der Waals surface area contributed by atoms with Crippen molar-refractivity contribution in [3.05, 3.63) is 93.5 Å². The van der Waals surface area contributed by atoms with Gasteiger partial charge in [0, 0.05) is 10.7 Å². The molecular weight excluding hydrogens is 436 g/mol. The van der Waals surface area contributed by atoms with Crippen molar-refractivity contribution in [1.29, 1.82) is 5.26 Å². The fraction of sp³-hybridized carbons (Fsp3) is 0.185. The molecule has 3 rings (SSSR count). The number of nitrogens with zero attached hydrogens (tertiary/aromatic N) is 1. The summed E-state index contributed by atoms with van der Waals surface area (Å²) in [5.41, 5.74) is 4.46. The predicted molar refractivity (Wildman–Crippen MR) is 132 cm³/mol. The molecule has 0 aliphatic heterocycles. The van der Waals surface area contributed by atoms with Gasteiger partial charge in [-0.25, -0.2) is 0 Å². The summed E-state index contributed by atoms with van der Waals surface area (Å²) in [4.78, 5) is 12.6. The molecule has 3 aromatic rings. The van der Waals surface area contributed by atoms with Crippen LogP contribution in [0.2, 0.25) is 5.02 Å². The molecule has 0 heterocycles. The molecule has 0 saturated heterocycles. The van der Waals surface area contributed by atoms with E-state index < -0.39 is 5.91 Å². The Hall–Kier alpha value is -3.75. The lowest BCUT2D eigenvalue weighted by Crippen LogP contribution is -2.13. The fourth-order valence-electron chi connectivity index (χ4n) is 3.08. The van der Waals surface area contributed by atoms with Gasteiger partial charge in [0.25, 0.3) is 5.91 Å². The molecule has 0 radical (unpaired) electrons. The molecule has 1 amide bonds. The number of halogens is 1. The summed E-state index contributed by atoms with van der Waals surface area (Å²) in [6, 6.07) is 20.3. The normalized spacial score (nSPS) is 10.9. The van der Waals surface area contributed by atoms with E-state index in [2.05, 4.69) is 5.32 Å². The molecule has 0 unspecified atom stereocenters. The number of amides is 1. The Balaban J connectivity index is 1.77. The van der Waals surface area contributed by atoms with Gasteiger partial charge in [0.05, 0.1) is 6.61 Å². The van der Waals surface area contributed by atoms with E-state index in [-0.39, 0.29) is 5.57 Å². The molecule has 5 nitrogen and oxygen atoms in total.